The van der Waals surface area contributed by atoms with Gasteiger partial charge in [0.15, 0.2) is 0 Å². The largest absolute Gasteiger partial charge is 0.497 e. The Morgan fingerprint density at radius 2 is 1.57 bits per heavy atom. The number of halogens is 2. The predicted octanol–water partition coefficient (Wildman–Crippen LogP) is 3.60. The Kier molecular flexibility index (Phi) is 5.34. The first-order valence-electron chi connectivity index (χ1n) is 9.03. The molecule has 0 radical (unpaired) electrons. The van der Waals surface area contributed by atoms with Crippen LogP contribution in [-0.4, -0.2) is 31.7 Å². The number of benzene rings is 2. The molecule has 0 bridgehead atoms. The van der Waals surface area contributed by atoms with Crippen molar-refractivity contribution in [3.63, 3.8) is 0 Å². The van der Waals surface area contributed by atoms with Crippen LogP contribution in [0.4, 0.5) is 8.78 Å². The van der Waals surface area contributed by atoms with Gasteiger partial charge in [0.2, 0.25) is 0 Å². The van der Waals surface area contributed by atoms with Gasteiger partial charge < -0.3 is 18.8 Å². The van der Waals surface area contributed by atoms with Crippen LogP contribution >= 0.6 is 0 Å². The lowest BCUT2D eigenvalue weighted by Crippen LogP contribution is -2.41. The van der Waals surface area contributed by atoms with Gasteiger partial charge in [0.05, 0.1) is 24.2 Å². The Bertz CT molecular complexity index is 865. The third-order valence-corrected chi connectivity index (χ3v) is 5.57. The van der Waals surface area contributed by atoms with E-state index in [2.05, 4.69) is 0 Å². The van der Waals surface area contributed by atoms with Crippen LogP contribution in [0.3, 0.4) is 0 Å². The van der Waals surface area contributed by atoms with E-state index in [0.717, 1.165) is 6.07 Å². The standard InChI is InChI=1S/C21H23BF2O4/c1-20(2)21(3,4)28-22(27-20)17-10-15(18(23)11-19(17)24)16(12-25)13-6-8-14(26-5)9-7-13/h6-12,16H,1-5H3. The summed E-state index contributed by atoms with van der Waals surface area (Å²) in [6, 6.07) is 8.81. The third kappa shape index (κ3) is 3.56. The lowest BCUT2D eigenvalue weighted by molar-refractivity contribution is -0.108. The van der Waals surface area contributed by atoms with Gasteiger partial charge in [0, 0.05) is 17.1 Å². The molecule has 1 heterocycles. The molecule has 2 aromatic rings. The number of carbonyl (C=O) groups is 1. The summed E-state index contributed by atoms with van der Waals surface area (Å²) in [7, 11) is 0.537. The number of hydrogen-bond donors (Lipinski definition) is 0. The number of carbonyl (C=O) groups excluding carboxylic acids is 1. The highest BCUT2D eigenvalue weighted by atomic mass is 19.1. The van der Waals surface area contributed by atoms with Crippen LogP contribution in [0.15, 0.2) is 36.4 Å². The topological polar surface area (TPSA) is 44.8 Å². The van der Waals surface area contributed by atoms with Crippen molar-refractivity contribution in [1.82, 2.24) is 0 Å². The summed E-state index contributed by atoms with van der Waals surface area (Å²) in [6.07, 6.45) is 0.631. The van der Waals surface area contributed by atoms with Crippen molar-refractivity contribution in [2.24, 2.45) is 0 Å². The average molecular weight is 388 g/mol. The fraction of sp³-hybridized carbons (Fsp3) is 0.381. The normalized spacial score (nSPS) is 18.8. The van der Waals surface area contributed by atoms with Crippen LogP contribution in [0, 0.1) is 11.6 Å². The number of methoxy groups -OCH3 is 1. The minimum absolute atomic E-state index is 0.0614. The molecule has 1 atom stereocenters. The first-order chi connectivity index (χ1) is 13.1. The van der Waals surface area contributed by atoms with Crippen molar-refractivity contribution in [2.75, 3.05) is 7.11 Å². The molecule has 3 rings (SSSR count). The molecule has 1 aliphatic rings. The predicted molar refractivity (Wildman–Crippen MR) is 103 cm³/mol. The summed E-state index contributed by atoms with van der Waals surface area (Å²) >= 11 is 0. The summed E-state index contributed by atoms with van der Waals surface area (Å²) in [6.45, 7) is 7.39. The Hall–Kier alpha value is -2.25. The lowest BCUT2D eigenvalue weighted by atomic mass is 9.76. The van der Waals surface area contributed by atoms with Crippen LogP contribution in [0.25, 0.3) is 0 Å². The molecule has 0 N–H and O–H groups in total. The minimum atomic E-state index is -0.993. The van der Waals surface area contributed by atoms with Crippen LogP contribution in [0.2, 0.25) is 0 Å². The van der Waals surface area contributed by atoms with E-state index in [0.29, 0.717) is 17.6 Å². The molecule has 0 aromatic heterocycles. The second kappa shape index (κ2) is 7.30. The van der Waals surface area contributed by atoms with E-state index in [1.165, 1.54) is 13.2 Å². The Labute approximate surface area is 163 Å². The maximum Gasteiger partial charge on any atom is 0.497 e. The zero-order valence-corrected chi connectivity index (χ0v) is 16.6. The van der Waals surface area contributed by atoms with Crippen LogP contribution in [0.1, 0.15) is 44.7 Å². The van der Waals surface area contributed by atoms with E-state index in [-0.39, 0.29) is 11.0 Å². The molecule has 7 heteroatoms. The molecular weight excluding hydrogens is 365 g/mol. The Morgan fingerprint density at radius 1 is 1.00 bits per heavy atom. The second-order valence-electron chi connectivity index (χ2n) is 7.87. The van der Waals surface area contributed by atoms with Crippen molar-refractivity contribution in [1.29, 1.82) is 0 Å². The zero-order valence-electron chi connectivity index (χ0n) is 16.6. The number of hydrogen-bond acceptors (Lipinski definition) is 4. The van der Waals surface area contributed by atoms with E-state index in [1.54, 1.807) is 24.3 Å². The monoisotopic (exact) mass is 388 g/mol. The average Bonchev–Trinajstić information content (AvgIpc) is 2.85. The fourth-order valence-corrected chi connectivity index (χ4v) is 3.12. The Balaban J connectivity index is 2.02. The highest BCUT2D eigenvalue weighted by Crippen LogP contribution is 2.37. The van der Waals surface area contributed by atoms with Crippen molar-refractivity contribution >= 4 is 18.9 Å². The summed E-state index contributed by atoms with van der Waals surface area (Å²) in [5.74, 6) is -1.86. The molecule has 28 heavy (non-hydrogen) atoms. The molecule has 1 aliphatic heterocycles. The molecule has 2 aromatic carbocycles. The summed E-state index contributed by atoms with van der Waals surface area (Å²) in [4.78, 5) is 11.8. The van der Waals surface area contributed by atoms with Crippen molar-refractivity contribution in [3.8, 4) is 5.75 Å². The smallest absolute Gasteiger partial charge is 0.497 e. The highest BCUT2D eigenvalue weighted by molar-refractivity contribution is 6.62. The molecule has 1 fully saturated rings. The Morgan fingerprint density at radius 3 is 2.07 bits per heavy atom. The fourth-order valence-electron chi connectivity index (χ4n) is 3.12. The van der Waals surface area contributed by atoms with Crippen LogP contribution in [0.5, 0.6) is 5.75 Å². The van der Waals surface area contributed by atoms with Gasteiger partial charge in [-0.2, -0.15) is 0 Å². The van der Waals surface area contributed by atoms with Crippen molar-refractivity contribution in [2.45, 2.75) is 44.8 Å². The molecule has 0 saturated carbocycles. The summed E-state index contributed by atoms with van der Waals surface area (Å²) in [5.41, 5.74) is -0.639. The molecule has 1 saturated heterocycles. The molecule has 0 amide bonds. The molecule has 1 unspecified atom stereocenters. The van der Waals surface area contributed by atoms with Gasteiger partial charge in [-0.1, -0.05) is 18.2 Å². The number of rotatable bonds is 5. The zero-order chi connectivity index (χ0) is 20.7. The van der Waals surface area contributed by atoms with Gasteiger partial charge >= 0.3 is 7.12 Å². The van der Waals surface area contributed by atoms with Gasteiger partial charge in [0.25, 0.3) is 0 Å². The van der Waals surface area contributed by atoms with Gasteiger partial charge in [-0.05, 0) is 45.4 Å². The van der Waals surface area contributed by atoms with E-state index < -0.39 is 35.9 Å². The van der Waals surface area contributed by atoms with E-state index in [1.807, 2.05) is 27.7 Å². The molecule has 0 aliphatic carbocycles. The van der Waals surface area contributed by atoms with E-state index >= 15 is 0 Å². The molecule has 148 valence electrons. The van der Waals surface area contributed by atoms with E-state index in [9.17, 15) is 13.6 Å². The van der Waals surface area contributed by atoms with Crippen LogP contribution in [-0.2, 0) is 14.1 Å². The van der Waals surface area contributed by atoms with Crippen molar-refractivity contribution < 1.29 is 27.6 Å². The maximum absolute atomic E-state index is 14.6. The quantitative estimate of drug-likeness (QED) is 0.580. The highest BCUT2D eigenvalue weighted by Gasteiger charge is 2.52. The minimum Gasteiger partial charge on any atom is -0.497 e. The number of ether oxygens (including phenoxy) is 1. The first kappa shape index (κ1) is 20.5. The molecular formula is C21H23BF2O4. The van der Waals surface area contributed by atoms with E-state index in [4.69, 9.17) is 14.0 Å². The molecule has 4 nitrogen and oxygen atoms in total. The first-order valence-corrected chi connectivity index (χ1v) is 9.03. The van der Waals surface area contributed by atoms with Gasteiger partial charge in [-0.15, -0.1) is 0 Å². The number of aldehydes is 1. The van der Waals surface area contributed by atoms with Gasteiger partial charge in [0.1, 0.15) is 23.7 Å². The van der Waals surface area contributed by atoms with Gasteiger partial charge in [-0.25, -0.2) is 8.78 Å². The third-order valence-electron chi connectivity index (χ3n) is 5.57. The van der Waals surface area contributed by atoms with Gasteiger partial charge in [-0.3, -0.25) is 0 Å². The molecule has 0 spiro atoms. The second-order valence-corrected chi connectivity index (χ2v) is 7.87. The van der Waals surface area contributed by atoms with Crippen LogP contribution < -0.4 is 10.2 Å². The maximum atomic E-state index is 14.6. The SMILES string of the molecule is COc1ccc(C(C=O)c2cc(B3OC(C)(C)C(C)(C)O3)c(F)cc2F)cc1. The summed E-state index contributed by atoms with van der Waals surface area (Å²) in [5, 5.41) is 0. The van der Waals surface area contributed by atoms with Crippen molar-refractivity contribution in [3.05, 3.63) is 59.2 Å². The summed E-state index contributed by atoms with van der Waals surface area (Å²) < 4.78 is 46.0. The lowest BCUT2D eigenvalue weighted by Gasteiger charge is -2.32.